The summed E-state index contributed by atoms with van der Waals surface area (Å²) in [6.07, 6.45) is 2.04. The van der Waals surface area contributed by atoms with Gasteiger partial charge in [0.05, 0.1) is 0 Å². The Labute approximate surface area is 85.2 Å². The molecule has 1 fully saturated rings. The number of ether oxygens (including phenoxy) is 1. The Bertz CT molecular complexity index is 205. The second-order valence-corrected chi connectivity index (χ2v) is 4.76. The summed E-state index contributed by atoms with van der Waals surface area (Å²) < 4.78 is 5.21. The van der Waals surface area contributed by atoms with Gasteiger partial charge in [0, 0.05) is 6.04 Å². The van der Waals surface area contributed by atoms with Crippen molar-refractivity contribution in [2.24, 2.45) is 5.73 Å². The topological polar surface area (TPSA) is 64.3 Å². The van der Waals surface area contributed by atoms with Crippen LogP contribution in [-0.4, -0.2) is 30.2 Å². The van der Waals surface area contributed by atoms with Gasteiger partial charge in [-0.1, -0.05) is 0 Å². The quantitative estimate of drug-likeness (QED) is 0.634. The number of nitrogens with one attached hydrogen (secondary N) is 1. The lowest BCUT2D eigenvalue weighted by Gasteiger charge is -2.24. The van der Waals surface area contributed by atoms with Gasteiger partial charge in [-0.05, 0) is 40.2 Å². The van der Waals surface area contributed by atoms with E-state index in [1.165, 1.54) is 0 Å². The molecule has 4 heteroatoms. The zero-order chi connectivity index (χ0) is 10.8. The summed E-state index contributed by atoms with van der Waals surface area (Å²) in [6, 6.07) is -0.443. The van der Waals surface area contributed by atoms with Crippen LogP contribution in [0.25, 0.3) is 0 Å². The molecule has 0 aliphatic carbocycles. The first-order valence-corrected chi connectivity index (χ1v) is 5.12. The zero-order valence-corrected chi connectivity index (χ0v) is 9.17. The van der Waals surface area contributed by atoms with Gasteiger partial charge >= 0.3 is 5.97 Å². The van der Waals surface area contributed by atoms with Crippen LogP contribution in [0.4, 0.5) is 0 Å². The SMILES string of the molecule is CC(C)(C)OC(=O)C(N)[C@H]1CCCN1. The van der Waals surface area contributed by atoms with Gasteiger partial charge in [-0.2, -0.15) is 0 Å². The number of esters is 1. The number of rotatable bonds is 2. The van der Waals surface area contributed by atoms with Gasteiger partial charge < -0.3 is 15.8 Å². The molecule has 0 aromatic rings. The molecule has 2 atom stereocenters. The number of carbonyl (C=O) groups is 1. The molecule has 0 spiro atoms. The molecule has 0 aromatic heterocycles. The van der Waals surface area contributed by atoms with Crippen molar-refractivity contribution in [2.45, 2.75) is 51.3 Å². The van der Waals surface area contributed by atoms with Crippen molar-refractivity contribution in [2.75, 3.05) is 6.54 Å². The molecule has 1 aliphatic heterocycles. The first-order chi connectivity index (χ1) is 6.40. The number of nitrogens with two attached hydrogens (primary N) is 1. The van der Waals surface area contributed by atoms with E-state index < -0.39 is 11.6 Å². The van der Waals surface area contributed by atoms with Crippen LogP contribution in [0.5, 0.6) is 0 Å². The lowest BCUT2D eigenvalue weighted by molar-refractivity contribution is -0.157. The summed E-state index contributed by atoms with van der Waals surface area (Å²) in [4.78, 5) is 11.6. The lowest BCUT2D eigenvalue weighted by atomic mass is 10.1. The van der Waals surface area contributed by atoms with Gasteiger partial charge in [-0.3, -0.25) is 4.79 Å². The Kier molecular flexibility index (Phi) is 3.50. The Hall–Kier alpha value is -0.610. The van der Waals surface area contributed by atoms with Crippen molar-refractivity contribution in [3.8, 4) is 0 Å². The summed E-state index contributed by atoms with van der Waals surface area (Å²) in [5.74, 6) is -0.308. The summed E-state index contributed by atoms with van der Waals surface area (Å²) in [6.45, 7) is 6.49. The van der Waals surface area contributed by atoms with Crippen LogP contribution in [0.3, 0.4) is 0 Å². The molecule has 1 unspecified atom stereocenters. The largest absolute Gasteiger partial charge is 0.459 e. The molecule has 0 amide bonds. The van der Waals surface area contributed by atoms with E-state index in [0.717, 1.165) is 19.4 Å². The normalized spacial score (nSPS) is 24.7. The highest BCUT2D eigenvalue weighted by atomic mass is 16.6. The molecule has 1 aliphatic rings. The second-order valence-electron chi connectivity index (χ2n) is 4.76. The molecule has 3 N–H and O–H groups in total. The fraction of sp³-hybridized carbons (Fsp3) is 0.900. The van der Waals surface area contributed by atoms with E-state index in [0.29, 0.717) is 0 Å². The average molecular weight is 200 g/mol. The lowest BCUT2D eigenvalue weighted by Crippen LogP contribution is -2.49. The van der Waals surface area contributed by atoms with Gasteiger partial charge in [0.25, 0.3) is 0 Å². The van der Waals surface area contributed by atoms with E-state index in [9.17, 15) is 4.79 Å². The van der Waals surface area contributed by atoms with Crippen LogP contribution in [-0.2, 0) is 9.53 Å². The smallest absolute Gasteiger partial charge is 0.325 e. The van der Waals surface area contributed by atoms with E-state index in [1.807, 2.05) is 20.8 Å². The highest BCUT2D eigenvalue weighted by molar-refractivity contribution is 5.76. The predicted molar refractivity (Wildman–Crippen MR) is 54.8 cm³/mol. The minimum atomic E-state index is -0.531. The summed E-state index contributed by atoms with van der Waals surface area (Å²) >= 11 is 0. The Morgan fingerprint density at radius 1 is 1.57 bits per heavy atom. The third kappa shape index (κ3) is 3.27. The van der Waals surface area contributed by atoms with E-state index in [4.69, 9.17) is 10.5 Å². The maximum atomic E-state index is 11.6. The van der Waals surface area contributed by atoms with Gasteiger partial charge in [0.15, 0.2) is 0 Å². The minimum absolute atomic E-state index is 0.0878. The molecule has 0 saturated carbocycles. The van der Waals surface area contributed by atoms with Crippen LogP contribution in [0.2, 0.25) is 0 Å². The molecule has 1 heterocycles. The summed E-state index contributed by atoms with van der Waals surface area (Å²) in [5.41, 5.74) is 5.34. The fourth-order valence-corrected chi connectivity index (χ4v) is 1.55. The minimum Gasteiger partial charge on any atom is -0.459 e. The van der Waals surface area contributed by atoms with Crippen molar-refractivity contribution >= 4 is 5.97 Å². The van der Waals surface area contributed by atoms with E-state index in [1.54, 1.807) is 0 Å². The number of hydrogen-bond acceptors (Lipinski definition) is 4. The van der Waals surface area contributed by atoms with E-state index in [-0.39, 0.29) is 12.0 Å². The third-order valence-corrected chi connectivity index (χ3v) is 2.21. The highest BCUT2D eigenvalue weighted by Gasteiger charge is 2.30. The van der Waals surface area contributed by atoms with Crippen molar-refractivity contribution in [3.05, 3.63) is 0 Å². The van der Waals surface area contributed by atoms with Crippen LogP contribution >= 0.6 is 0 Å². The molecule has 14 heavy (non-hydrogen) atoms. The molecule has 0 radical (unpaired) electrons. The number of carbonyl (C=O) groups excluding carboxylic acids is 1. The van der Waals surface area contributed by atoms with Gasteiger partial charge in [0.1, 0.15) is 11.6 Å². The first-order valence-electron chi connectivity index (χ1n) is 5.12. The van der Waals surface area contributed by atoms with Crippen LogP contribution in [0.1, 0.15) is 33.6 Å². The average Bonchev–Trinajstić information content (AvgIpc) is 2.51. The molecule has 0 aromatic carbocycles. The molecule has 1 rings (SSSR count). The van der Waals surface area contributed by atoms with Crippen LogP contribution in [0.15, 0.2) is 0 Å². The van der Waals surface area contributed by atoms with Gasteiger partial charge in [-0.15, -0.1) is 0 Å². The highest BCUT2D eigenvalue weighted by Crippen LogP contribution is 2.13. The van der Waals surface area contributed by atoms with Crippen LogP contribution in [0, 0.1) is 0 Å². The fourth-order valence-electron chi connectivity index (χ4n) is 1.55. The van der Waals surface area contributed by atoms with Gasteiger partial charge in [-0.25, -0.2) is 0 Å². The first kappa shape index (κ1) is 11.5. The molecule has 1 saturated heterocycles. The Morgan fingerprint density at radius 3 is 2.64 bits per heavy atom. The molecule has 4 nitrogen and oxygen atoms in total. The standard InChI is InChI=1S/C10H20N2O2/c1-10(2,3)14-9(13)8(11)7-5-4-6-12-7/h7-8,12H,4-6,11H2,1-3H3/t7-,8?/m1/s1. The second kappa shape index (κ2) is 4.28. The maximum absolute atomic E-state index is 11.6. The molecular formula is C10H20N2O2. The third-order valence-electron chi connectivity index (χ3n) is 2.21. The Morgan fingerprint density at radius 2 is 2.21 bits per heavy atom. The van der Waals surface area contributed by atoms with Crippen LogP contribution < -0.4 is 11.1 Å². The van der Waals surface area contributed by atoms with E-state index >= 15 is 0 Å². The van der Waals surface area contributed by atoms with Crippen molar-refractivity contribution in [3.63, 3.8) is 0 Å². The number of hydrogen-bond donors (Lipinski definition) is 2. The molecule has 0 bridgehead atoms. The molecule has 82 valence electrons. The molecular weight excluding hydrogens is 180 g/mol. The van der Waals surface area contributed by atoms with Crippen molar-refractivity contribution < 1.29 is 9.53 Å². The zero-order valence-electron chi connectivity index (χ0n) is 9.17. The van der Waals surface area contributed by atoms with Crippen molar-refractivity contribution in [1.82, 2.24) is 5.32 Å². The van der Waals surface area contributed by atoms with Crippen molar-refractivity contribution in [1.29, 1.82) is 0 Å². The van der Waals surface area contributed by atoms with Gasteiger partial charge in [0.2, 0.25) is 0 Å². The predicted octanol–water partition coefficient (Wildman–Crippen LogP) is 0.407. The summed E-state index contributed by atoms with van der Waals surface area (Å²) in [5, 5.41) is 3.20. The monoisotopic (exact) mass is 200 g/mol. The summed E-state index contributed by atoms with van der Waals surface area (Å²) in [7, 11) is 0. The maximum Gasteiger partial charge on any atom is 0.325 e. The Balaban J connectivity index is 2.43. The van der Waals surface area contributed by atoms with E-state index in [2.05, 4.69) is 5.32 Å².